The molecule has 0 aromatic heterocycles. The third-order valence-corrected chi connectivity index (χ3v) is 8.88. The van der Waals surface area contributed by atoms with Crippen molar-refractivity contribution >= 4 is 57.2 Å². The predicted molar refractivity (Wildman–Crippen MR) is 186 cm³/mol. The van der Waals surface area contributed by atoms with Crippen molar-refractivity contribution in [2.45, 2.75) is 27.7 Å². The van der Waals surface area contributed by atoms with E-state index in [1.165, 1.54) is 44.3 Å². The zero-order valence-corrected chi connectivity index (χ0v) is 25.5. The molecule has 2 aliphatic rings. The van der Waals surface area contributed by atoms with Crippen LogP contribution >= 0.6 is 0 Å². The van der Waals surface area contributed by atoms with Gasteiger partial charge in [0, 0.05) is 34.5 Å². The standard InChI is InChI=1S/C40H33BN2O/c1-26-19-27(2)22-32(21-26)43-35-23-28(3)20-29(4)39(35)41-34-17-11-12-18-37(34)44-38-25-33(24-36(43)40(38)41)42(30-13-7-5-8-14-30)31-15-9-6-10-16-31/h5-25H,1-4H3. The van der Waals surface area contributed by atoms with E-state index in [0.29, 0.717) is 0 Å². The molecule has 2 heterocycles. The molecule has 0 aliphatic carbocycles. The van der Waals surface area contributed by atoms with E-state index in [0.717, 1.165) is 39.9 Å². The van der Waals surface area contributed by atoms with E-state index < -0.39 is 0 Å². The van der Waals surface area contributed by atoms with Gasteiger partial charge < -0.3 is 14.5 Å². The molecule has 0 unspecified atom stereocenters. The third kappa shape index (κ3) is 4.21. The normalized spacial score (nSPS) is 12.6. The molecule has 0 N–H and O–H groups in total. The highest BCUT2D eigenvalue weighted by atomic mass is 16.5. The second kappa shape index (κ2) is 10.2. The van der Waals surface area contributed by atoms with E-state index >= 15 is 0 Å². The van der Waals surface area contributed by atoms with Crippen LogP contribution < -0.4 is 30.9 Å². The smallest absolute Gasteiger partial charge is 0.256 e. The summed E-state index contributed by atoms with van der Waals surface area (Å²) in [4.78, 5) is 4.80. The lowest BCUT2D eigenvalue weighted by Gasteiger charge is -2.42. The Bertz CT molecular complexity index is 2000. The molecule has 2 aliphatic heterocycles. The minimum atomic E-state index is 0.0682. The van der Waals surface area contributed by atoms with Crippen LogP contribution in [0, 0.1) is 27.7 Å². The van der Waals surface area contributed by atoms with Gasteiger partial charge in [0.2, 0.25) is 0 Å². The van der Waals surface area contributed by atoms with E-state index in [9.17, 15) is 0 Å². The third-order valence-electron chi connectivity index (χ3n) is 8.88. The van der Waals surface area contributed by atoms with Crippen LogP contribution in [0.15, 0.2) is 127 Å². The number of anilines is 6. The van der Waals surface area contributed by atoms with Crippen molar-refractivity contribution in [3.05, 3.63) is 150 Å². The van der Waals surface area contributed by atoms with Crippen LogP contribution in [0.2, 0.25) is 0 Å². The van der Waals surface area contributed by atoms with Crippen molar-refractivity contribution in [3.8, 4) is 11.5 Å². The van der Waals surface area contributed by atoms with Crippen molar-refractivity contribution in [1.29, 1.82) is 0 Å². The first-order valence-corrected chi connectivity index (χ1v) is 15.3. The maximum Gasteiger partial charge on any atom is 0.256 e. The fourth-order valence-corrected chi connectivity index (χ4v) is 7.28. The van der Waals surface area contributed by atoms with Gasteiger partial charge in [-0.05, 0) is 115 Å². The largest absolute Gasteiger partial charge is 0.458 e. The van der Waals surface area contributed by atoms with E-state index in [1.54, 1.807) is 0 Å². The Kier molecular flexibility index (Phi) is 6.13. The predicted octanol–water partition coefficient (Wildman–Crippen LogP) is 8.80. The summed E-state index contributed by atoms with van der Waals surface area (Å²) in [7, 11) is 0. The highest BCUT2D eigenvalue weighted by Gasteiger charge is 2.43. The fraction of sp³-hybridized carbons (Fsp3) is 0.100. The molecule has 0 fully saturated rings. The van der Waals surface area contributed by atoms with Crippen molar-refractivity contribution in [2.75, 3.05) is 9.80 Å². The van der Waals surface area contributed by atoms with Crippen molar-refractivity contribution < 1.29 is 4.74 Å². The highest BCUT2D eigenvalue weighted by molar-refractivity contribution is 6.99. The number of nitrogens with zero attached hydrogens (tertiary/aromatic N) is 2. The zero-order chi connectivity index (χ0) is 29.9. The summed E-state index contributed by atoms with van der Waals surface area (Å²) in [5.74, 6) is 1.82. The minimum absolute atomic E-state index is 0.0682. The fourth-order valence-electron chi connectivity index (χ4n) is 7.28. The molecule has 0 spiro atoms. The molecule has 0 saturated heterocycles. The average Bonchev–Trinajstić information content (AvgIpc) is 3.01. The van der Waals surface area contributed by atoms with Gasteiger partial charge in [0.15, 0.2) is 0 Å². The molecule has 44 heavy (non-hydrogen) atoms. The van der Waals surface area contributed by atoms with Gasteiger partial charge in [0.05, 0.1) is 5.69 Å². The average molecular weight is 569 g/mol. The summed E-state index contributed by atoms with van der Waals surface area (Å²) >= 11 is 0. The molecule has 6 aromatic rings. The Balaban J connectivity index is 1.47. The number of para-hydroxylation sites is 3. The van der Waals surface area contributed by atoms with Crippen LogP contribution in [0.5, 0.6) is 11.5 Å². The SMILES string of the molecule is Cc1cc(C)cc(N2c3cc(C)cc(C)c3B3c4ccccc4Oc4cc(N(c5ccccc5)c5ccccc5)cc2c43)c1. The molecule has 0 radical (unpaired) electrons. The van der Waals surface area contributed by atoms with Crippen molar-refractivity contribution in [3.63, 3.8) is 0 Å². The van der Waals surface area contributed by atoms with Crippen LogP contribution in [0.25, 0.3) is 0 Å². The molecule has 8 rings (SSSR count). The zero-order valence-electron chi connectivity index (χ0n) is 25.5. The number of benzene rings is 6. The Morgan fingerprint density at radius 2 is 1.11 bits per heavy atom. The first-order valence-electron chi connectivity index (χ1n) is 15.3. The molecular weight excluding hydrogens is 535 g/mol. The number of hydrogen-bond donors (Lipinski definition) is 0. The van der Waals surface area contributed by atoms with Gasteiger partial charge in [0.25, 0.3) is 6.71 Å². The van der Waals surface area contributed by atoms with Crippen LogP contribution in [-0.4, -0.2) is 6.71 Å². The molecule has 3 nitrogen and oxygen atoms in total. The van der Waals surface area contributed by atoms with Crippen molar-refractivity contribution in [1.82, 2.24) is 0 Å². The molecule has 6 aromatic carbocycles. The molecular formula is C40H33BN2O. The summed E-state index contributed by atoms with van der Waals surface area (Å²) in [5.41, 5.74) is 15.6. The van der Waals surface area contributed by atoms with Crippen LogP contribution in [-0.2, 0) is 0 Å². The molecule has 212 valence electrons. The molecule has 4 heteroatoms. The Morgan fingerprint density at radius 3 is 1.80 bits per heavy atom. The topological polar surface area (TPSA) is 15.7 Å². The summed E-state index contributed by atoms with van der Waals surface area (Å²) in [6.07, 6.45) is 0. The number of fused-ring (bicyclic) bond motifs is 4. The van der Waals surface area contributed by atoms with Crippen LogP contribution in [0.4, 0.5) is 34.1 Å². The monoisotopic (exact) mass is 568 g/mol. The Labute approximate surface area is 260 Å². The lowest BCUT2D eigenvalue weighted by molar-refractivity contribution is 0.487. The van der Waals surface area contributed by atoms with Gasteiger partial charge in [-0.2, -0.15) is 0 Å². The number of hydrogen-bond acceptors (Lipinski definition) is 3. The summed E-state index contributed by atoms with van der Waals surface area (Å²) in [5, 5.41) is 0. The summed E-state index contributed by atoms with van der Waals surface area (Å²) in [6, 6.07) is 45.9. The van der Waals surface area contributed by atoms with Gasteiger partial charge in [-0.25, -0.2) is 0 Å². The first-order chi connectivity index (χ1) is 21.5. The van der Waals surface area contributed by atoms with Gasteiger partial charge in [-0.1, -0.05) is 72.3 Å². The van der Waals surface area contributed by atoms with E-state index in [-0.39, 0.29) is 6.71 Å². The van der Waals surface area contributed by atoms with Crippen LogP contribution in [0.1, 0.15) is 22.3 Å². The minimum Gasteiger partial charge on any atom is -0.458 e. The van der Waals surface area contributed by atoms with Gasteiger partial charge in [0.1, 0.15) is 11.5 Å². The Hall–Kier alpha value is -5.22. The number of aryl methyl sites for hydroxylation is 4. The molecule has 0 saturated carbocycles. The molecule has 0 amide bonds. The molecule has 0 bridgehead atoms. The lowest BCUT2D eigenvalue weighted by atomic mass is 9.33. The highest BCUT2D eigenvalue weighted by Crippen LogP contribution is 2.46. The number of rotatable bonds is 4. The van der Waals surface area contributed by atoms with Gasteiger partial charge in [-0.15, -0.1) is 0 Å². The van der Waals surface area contributed by atoms with E-state index in [1.807, 2.05) is 0 Å². The number of ether oxygens (including phenoxy) is 1. The van der Waals surface area contributed by atoms with E-state index in [2.05, 4.69) is 165 Å². The maximum atomic E-state index is 6.84. The van der Waals surface area contributed by atoms with Gasteiger partial charge >= 0.3 is 0 Å². The second-order valence-corrected chi connectivity index (χ2v) is 12.2. The van der Waals surface area contributed by atoms with Gasteiger partial charge in [-0.3, -0.25) is 0 Å². The van der Waals surface area contributed by atoms with Crippen molar-refractivity contribution in [2.24, 2.45) is 0 Å². The lowest BCUT2D eigenvalue weighted by Crippen LogP contribution is -2.60. The quantitative estimate of drug-likeness (QED) is 0.197. The first kappa shape index (κ1) is 26.4. The van der Waals surface area contributed by atoms with Crippen LogP contribution in [0.3, 0.4) is 0 Å². The summed E-state index contributed by atoms with van der Waals surface area (Å²) < 4.78 is 6.84. The van der Waals surface area contributed by atoms with E-state index in [4.69, 9.17) is 4.74 Å². The second-order valence-electron chi connectivity index (χ2n) is 12.2. The Morgan fingerprint density at radius 1 is 0.523 bits per heavy atom. The maximum absolute atomic E-state index is 6.84. The molecule has 0 atom stereocenters. The summed E-state index contributed by atoms with van der Waals surface area (Å²) in [6.45, 7) is 8.90.